The fourth-order valence-electron chi connectivity index (χ4n) is 0.794. The molecular formula is C9H16N2O. The molecule has 0 atom stereocenters. The van der Waals surface area contributed by atoms with Gasteiger partial charge in [-0.25, -0.2) is 5.43 Å². The minimum absolute atomic E-state index is 0.0550. The first-order chi connectivity index (χ1) is 5.54. The van der Waals surface area contributed by atoms with E-state index in [1.165, 1.54) is 0 Å². The van der Waals surface area contributed by atoms with E-state index >= 15 is 0 Å². The largest absolute Gasteiger partial charge is 0.273 e. The topological polar surface area (TPSA) is 41.5 Å². The van der Waals surface area contributed by atoms with Gasteiger partial charge >= 0.3 is 0 Å². The lowest BCUT2D eigenvalue weighted by atomic mass is 10.1. The highest BCUT2D eigenvalue weighted by molar-refractivity contribution is 5.85. The van der Waals surface area contributed by atoms with Gasteiger partial charge in [-0.2, -0.15) is 5.10 Å². The molecule has 68 valence electrons. The van der Waals surface area contributed by atoms with E-state index in [4.69, 9.17) is 0 Å². The van der Waals surface area contributed by atoms with Crippen LogP contribution in [-0.2, 0) is 4.79 Å². The van der Waals surface area contributed by atoms with E-state index < -0.39 is 0 Å². The Morgan fingerprint density at radius 1 is 1.58 bits per heavy atom. The van der Waals surface area contributed by atoms with Crippen molar-refractivity contribution >= 4 is 12.1 Å². The number of hydrazone groups is 1. The summed E-state index contributed by atoms with van der Waals surface area (Å²) in [5, 5.41) is 3.85. The number of hydrogen-bond donors (Lipinski definition) is 1. The first-order valence-corrected chi connectivity index (χ1v) is 4.38. The minimum Gasteiger partial charge on any atom is -0.273 e. The Labute approximate surface area is 73.2 Å². The van der Waals surface area contributed by atoms with Crippen LogP contribution >= 0.6 is 0 Å². The number of carbonyl (C=O) groups is 1. The molecule has 1 fully saturated rings. The number of nitrogens with one attached hydrogen (secondary N) is 1. The van der Waals surface area contributed by atoms with Gasteiger partial charge < -0.3 is 0 Å². The average Bonchev–Trinajstić information content (AvgIpc) is 2.68. The first kappa shape index (κ1) is 9.23. The Bertz CT molecular complexity index is 205. The summed E-state index contributed by atoms with van der Waals surface area (Å²) in [6.45, 7) is 6.01. The molecule has 0 aromatic carbocycles. The highest BCUT2D eigenvalue weighted by Gasteiger charge is 2.44. The van der Waals surface area contributed by atoms with Crippen molar-refractivity contribution in [3.8, 4) is 0 Å². The van der Waals surface area contributed by atoms with Crippen LogP contribution in [0.1, 0.15) is 33.6 Å². The Balaban J connectivity index is 2.28. The maximum Gasteiger partial charge on any atom is 0.245 e. The van der Waals surface area contributed by atoms with Gasteiger partial charge in [-0.15, -0.1) is 0 Å². The van der Waals surface area contributed by atoms with E-state index in [9.17, 15) is 4.79 Å². The summed E-state index contributed by atoms with van der Waals surface area (Å²) in [7, 11) is 0. The lowest BCUT2D eigenvalue weighted by Gasteiger charge is -2.04. The second-order valence-electron chi connectivity index (χ2n) is 4.02. The van der Waals surface area contributed by atoms with Crippen LogP contribution < -0.4 is 5.43 Å². The van der Waals surface area contributed by atoms with Crippen molar-refractivity contribution in [1.29, 1.82) is 0 Å². The number of nitrogens with zero attached hydrogens (tertiary/aromatic N) is 1. The molecule has 0 aromatic rings. The van der Waals surface area contributed by atoms with E-state index in [0.29, 0.717) is 5.92 Å². The van der Waals surface area contributed by atoms with Crippen LogP contribution in [0.25, 0.3) is 0 Å². The summed E-state index contributed by atoms with van der Waals surface area (Å²) in [4.78, 5) is 11.3. The van der Waals surface area contributed by atoms with Gasteiger partial charge in [-0.05, 0) is 18.8 Å². The molecule has 1 amide bonds. The molecule has 0 unspecified atom stereocenters. The van der Waals surface area contributed by atoms with Crippen molar-refractivity contribution < 1.29 is 4.79 Å². The monoisotopic (exact) mass is 168 g/mol. The fourth-order valence-corrected chi connectivity index (χ4v) is 0.794. The van der Waals surface area contributed by atoms with Gasteiger partial charge in [0.2, 0.25) is 5.91 Å². The average molecular weight is 168 g/mol. The second kappa shape index (κ2) is 3.25. The van der Waals surface area contributed by atoms with Gasteiger partial charge in [0, 0.05) is 11.6 Å². The maximum atomic E-state index is 11.3. The second-order valence-corrected chi connectivity index (χ2v) is 4.02. The summed E-state index contributed by atoms with van der Waals surface area (Å²) >= 11 is 0. The van der Waals surface area contributed by atoms with Gasteiger partial charge in [0.05, 0.1) is 0 Å². The van der Waals surface area contributed by atoms with Crippen LogP contribution in [-0.4, -0.2) is 12.1 Å². The summed E-state index contributed by atoms with van der Waals surface area (Å²) in [5.74, 6) is 0.441. The molecule has 0 saturated heterocycles. The lowest BCUT2D eigenvalue weighted by Crippen LogP contribution is -2.26. The molecule has 1 saturated carbocycles. The van der Waals surface area contributed by atoms with Crippen LogP contribution in [0.5, 0.6) is 0 Å². The van der Waals surface area contributed by atoms with Crippen molar-refractivity contribution in [3.63, 3.8) is 0 Å². The molecule has 1 rings (SSSR count). The van der Waals surface area contributed by atoms with Gasteiger partial charge in [0.15, 0.2) is 0 Å². The van der Waals surface area contributed by atoms with Crippen LogP contribution in [0.3, 0.4) is 0 Å². The molecule has 0 bridgehead atoms. The molecule has 3 heteroatoms. The van der Waals surface area contributed by atoms with Crippen molar-refractivity contribution in [2.45, 2.75) is 33.6 Å². The third-order valence-corrected chi connectivity index (χ3v) is 2.09. The smallest absolute Gasteiger partial charge is 0.245 e. The van der Waals surface area contributed by atoms with E-state index in [1.807, 2.05) is 20.8 Å². The number of carbonyl (C=O) groups excluding carboxylic acids is 1. The van der Waals surface area contributed by atoms with Gasteiger partial charge in [0.1, 0.15) is 0 Å². The van der Waals surface area contributed by atoms with Crippen LogP contribution in [0.15, 0.2) is 5.10 Å². The Hall–Kier alpha value is -0.860. The predicted octanol–water partition coefficient (Wildman–Crippen LogP) is 1.54. The molecule has 0 spiro atoms. The molecule has 1 aliphatic carbocycles. The number of rotatable bonds is 3. The molecule has 12 heavy (non-hydrogen) atoms. The lowest BCUT2D eigenvalue weighted by molar-refractivity contribution is -0.125. The highest BCUT2D eigenvalue weighted by Crippen LogP contribution is 2.44. The standard InChI is InChI=1S/C9H16N2O/c1-7(2)6-10-11-8(12)9(3)4-5-9/h6-7H,4-5H2,1-3H3,(H,11,12)/b10-6+. The zero-order valence-electron chi connectivity index (χ0n) is 7.92. The summed E-state index contributed by atoms with van der Waals surface area (Å²) in [6, 6.07) is 0. The summed E-state index contributed by atoms with van der Waals surface area (Å²) in [5.41, 5.74) is 2.43. The van der Waals surface area contributed by atoms with Crippen molar-refractivity contribution in [2.75, 3.05) is 0 Å². The van der Waals surface area contributed by atoms with Gasteiger partial charge in [-0.1, -0.05) is 20.8 Å². The Kier molecular flexibility index (Phi) is 2.50. The van der Waals surface area contributed by atoms with Crippen molar-refractivity contribution in [3.05, 3.63) is 0 Å². The molecule has 1 N–H and O–H groups in total. The van der Waals surface area contributed by atoms with E-state index in [1.54, 1.807) is 6.21 Å². The molecule has 1 aliphatic rings. The zero-order valence-corrected chi connectivity index (χ0v) is 7.92. The Morgan fingerprint density at radius 2 is 2.17 bits per heavy atom. The molecule has 0 aromatic heterocycles. The highest BCUT2D eigenvalue weighted by atomic mass is 16.2. The third kappa shape index (κ3) is 2.32. The first-order valence-electron chi connectivity index (χ1n) is 4.38. The third-order valence-electron chi connectivity index (χ3n) is 2.09. The maximum absolute atomic E-state index is 11.3. The minimum atomic E-state index is -0.117. The van der Waals surface area contributed by atoms with Crippen LogP contribution in [0, 0.1) is 11.3 Å². The van der Waals surface area contributed by atoms with Crippen molar-refractivity contribution in [1.82, 2.24) is 5.43 Å². The quantitative estimate of drug-likeness (QED) is 0.504. The summed E-state index contributed by atoms with van der Waals surface area (Å²) in [6.07, 6.45) is 3.73. The van der Waals surface area contributed by atoms with Crippen molar-refractivity contribution in [2.24, 2.45) is 16.4 Å². The molecule has 0 aliphatic heterocycles. The van der Waals surface area contributed by atoms with E-state index in [2.05, 4.69) is 10.5 Å². The molecule has 0 heterocycles. The fraction of sp³-hybridized carbons (Fsp3) is 0.778. The van der Waals surface area contributed by atoms with E-state index in [-0.39, 0.29) is 11.3 Å². The van der Waals surface area contributed by atoms with Crippen LogP contribution in [0.2, 0.25) is 0 Å². The zero-order chi connectivity index (χ0) is 9.19. The number of hydrogen-bond acceptors (Lipinski definition) is 2. The normalized spacial score (nSPS) is 20.0. The van der Waals surface area contributed by atoms with Gasteiger partial charge in [-0.3, -0.25) is 4.79 Å². The SMILES string of the molecule is CC(C)/C=N/NC(=O)C1(C)CC1. The van der Waals surface area contributed by atoms with E-state index in [0.717, 1.165) is 12.8 Å². The number of amides is 1. The summed E-state index contributed by atoms with van der Waals surface area (Å²) < 4.78 is 0. The molecule has 0 radical (unpaired) electrons. The Morgan fingerprint density at radius 3 is 2.58 bits per heavy atom. The van der Waals surface area contributed by atoms with Crippen LogP contribution in [0.4, 0.5) is 0 Å². The molecular weight excluding hydrogens is 152 g/mol. The predicted molar refractivity (Wildman–Crippen MR) is 48.8 cm³/mol. The molecule has 3 nitrogen and oxygen atoms in total. The van der Waals surface area contributed by atoms with Gasteiger partial charge in [0.25, 0.3) is 0 Å².